The van der Waals surface area contributed by atoms with Gasteiger partial charge in [0.25, 0.3) is 5.91 Å². The average molecular weight is 413 g/mol. The smallest absolute Gasteiger partial charge is 0.408 e. The first kappa shape index (κ1) is 20.3. The average Bonchev–Trinajstić information content (AvgIpc) is 3.16. The van der Waals surface area contributed by atoms with Crippen LogP contribution in [0.25, 0.3) is 10.2 Å². The summed E-state index contributed by atoms with van der Waals surface area (Å²) in [5, 5.41) is 14.1. The Morgan fingerprint density at radius 3 is 2.66 bits per heavy atom. The molecule has 0 radical (unpaired) electrons. The van der Waals surface area contributed by atoms with Gasteiger partial charge in [-0.05, 0) is 30.2 Å². The van der Waals surface area contributed by atoms with Crippen molar-refractivity contribution in [1.29, 1.82) is 0 Å². The van der Waals surface area contributed by atoms with Crippen molar-refractivity contribution in [3.8, 4) is 0 Å². The Bertz CT molecular complexity index is 1040. The van der Waals surface area contributed by atoms with Gasteiger partial charge in [0.15, 0.2) is 0 Å². The van der Waals surface area contributed by atoms with Crippen molar-refractivity contribution in [2.45, 2.75) is 19.6 Å². The van der Waals surface area contributed by atoms with Crippen molar-refractivity contribution >= 4 is 39.5 Å². The van der Waals surface area contributed by atoms with Crippen LogP contribution in [0.2, 0.25) is 0 Å². The third-order valence-corrected chi connectivity index (χ3v) is 5.36. The Kier molecular flexibility index (Phi) is 6.40. The first-order valence-electron chi connectivity index (χ1n) is 8.77. The van der Waals surface area contributed by atoms with Gasteiger partial charge in [0.2, 0.25) is 0 Å². The van der Waals surface area contributed by atoms with E-state index >= 15 is 0 Å². The van der Waals surface area contributed by atoms with Gasteiger partial charge in [-0.2, -0.15) is 0 Å². The van der Waals surface area contributed by atoms with Gasteiger partial charge in [0.05, 0.1) is 15.1 Å². The summed E-state index contributed by atoms with van der Waals surface area (Å²) >= 11 is 1.28. The molecule has 0 fully saturated rings. The van der Waals surface area contributed by atoms with E-state index in [1.165, 1.54) is 11.3 Å². The van der Waals surface area contributed by atoms with Crippen LogP contribution in [0.4, 0.5) is 4.79 Å². The summed E-state index contributed by atoms with van der Waals surface area (Å²) in [4.78, 5) is 40.3. The molecule has 0 spiro atoms. The normalized spacial score (nSPS) is 11.6. The number of fused-ring (bicyclic) bond motifs is 1. The highest BCUT2D eigenvalue weighted by Crippen LogP contribution is 2.26. The molecule has 2 amide bonds. The number of carbonyl (C=O) groups is 3. The zero-order chi connectivity index (χ0) is 20.8. The van der Waals surface area contributed by atoms with Gasteiger partial charge >= 0.3 is 12.1 Å². The lowest BCUT2D eigenvalue weighted by molar-refractivity contribution is -0.139. The Morgan fingerprint density at radius 1 is 1.21 bits per heavy atom. The van der Waals surface area contributed by atoms with Gasteiger partial charge in [0.1, 0.15) is 12.6 Å². The van der Waals surface area contributed by atoms with E-state index in [9.17, 15) is 19.5 Å². The van der Waals surface area contributed by atoms with E-state index in [4.69, 9.17) is 4.74 Å². The minimum absolute atomic E-state index is 0.0134. The van der Waals surface area contributed by atoms with Crippen molar-refractivity contribution in [1.82, 2.24) is 15.6 Å². The fraction of sp³-hybridized carbons (Fsp3) is 0.200. The second-order valence-corrected chi connectivity index (χ2v) is 7.31. The molecule has 0 aliphatic heterocycles. The van der Waals surface area contributed by atoms with Gasteiger partial charge in [0, 0.05) is 12.7 Å². The van der Waals surface area contributed by atoms with E-state index < -0.39 is 24.0 Å². The van der Waals surface area contributed by atoms with Crippen molar-refractivity contribution in [3.63, 3.8) is 0 Å². The number of benzene rings is 1. The van der Waals surface area contributed by atoms with Gasteiger partial charge in [-0.15, -0.1) is 11.3 Å². The van der Waals surface area contributed by atoms with Crippen LogP contribution in [0.5, 0.6) is 0 Å². The molecule has 8 nitrogen and oxygen atoms in total. The van der Waals surface area contributed by atoms with Crippen molar-refractivity contribution in [2.75, 3.05) is 6.54 Å². The summed E-state index contributed by atoms with van der Waals surface area (Å²) in [6.45, 7) is 1.66. The van der Waals surface area contributed by atoms with E-state index in [1.54, 1.807) is 36.5 Å². The van der Waals surface area contributed by atoms with E-state index in [0.717, 1.165) is 15.8 Å². The molecular formula is C20H19N3O5S. The third-order valence-electron chi connectivity index (χ3n) is 4.10. The van der Waals surface area contributed by atoms with Crippen LogP contribution in [0.3, 0.4) is 0 Å². The number of hydrogen-bond acceptors (Lipinski definition) is 6. The Morgan fingerprint density at radius 2 is 1.97 bits per heavy atom. The van der Waals surface area contributed by atoms with E-state index in [0.29, 0.717) is 10.4 Å². The molecule has 0 aliphatic carbocycles. The molecule has 3 rings (SSSR count). The van der Waals surface area contributed by atoms with Crippen LogP contribution in [0, 0.1) is 6.92 Å². The maximum Gasteiger partial charge on any atom is 0.408 e. The number of rotatable bonds is 7. The number of carboxylic acids is 1. The molecule has 2 aromatic heterocycles. The number of aliphatic carboxylic acids is 1. The largest absolute Gasteiger partial charge is 0.480 e. The summed E-state index contributed by atoms with van der Waals surface area (Å²) in [6, 6.07) is 11.2. The van der Waals surface area contributed by atoms with Crippen LogP contribution in [-0.2, 0) is 16.1 Å². The van der Waals surface area contributed by atoms with Crippen LogP contribution in [-0.4, -0.2) is 40.6 Å². The van der Waals surface area contributed by atoms with Gasteiger partial charge < -0.3 is 20.5 Å². The maximum atomic E-state index is 12.4. The molecule has 9 heteroatoms. The molecule has 2 heterocycles. The number of amides is 2. The molecule has 3 aromatic rings. The Labute approximate surface area is 170 Å². The summed E-state index contributed by atoms with van der Waals surface area (Å²) in [7, 11) is 0. The SMILES string of the molecule is Cc1ccnc2cc(C(=O)NCC(NC(=O)OCc3ccccc3)C(=O)O)sc12. The minimum atomic E-state index is -1.32. The number of aryl methyl sites for hydroxylation is 1. The molecule has 0 aliphatic rings. The van der Waals surface area contributed by atoms with Crippen molar-refractivity contribution < 1.29 is 24.2 Å². The highest BCUT2D eigenvalue weighted by atomic mass is 32.1. The highest BCUT2D eigenvalue weighted by molar-refractivity contribution is 7.21. The zero-order valence-electron chi connectivity index (χ0n) is 15.5. The van der Waals surface area contributed by atoms with Crippen LogP contribution >= 0.6 is 11.3 Å². The highest BCUT2D eigenvalue weighted by Gasteiger charge is 2.22. The van der Waals surface area contributed by atoms with Gasteiger partial charge in [-0.1, -0.05) is 30.3 Å². The number of alkyl carbamates (subject to hydrolysis) is 1. The molecule has 1 unspecified atom stereocenters. The van der Waals surface area contributed by atoms with Gasteiger partial charge in [-0.3, -0.25) is 9.78 Å². The standard InChI is InChI=1S/C20H19N3O5S/c1-12-7-8-21-14-9-16(29-17(12)14)18(24)22-10-15(19(25)26)23-20(27)28-11-13-5-3-2-4-6-13/h2-9,15H,10-11H2,1H3,(H,22,24)(H,23,27)(H,25,26). The topological polar surface area (TPSA) is 118 Å². The molecule has 150 valence electrons. The summed E-state index contributed by atoms with van der Waals surface area (Å²) in [5.74, 6) is -1.71. The monoisotopic (exact) mass is 413 g/mol. The molecule has 29 heavy (non-hydrogen) atoms. The lowest BCUT2D eigenvalue weighted by Crippen LogP contribution is -2.48. The fourth-order valence-corrected chi connectivity index (χ4v) is 3.57. The minimum Gasteiger partial charge on any atom is -0.480 e. The van der Waals surface area contributed by atoms with Crippen molar-refractivity contribution in [2.24, 2.45) is 0 Å². The van der Waals surface area contributed by atoms with E-state index in [1.807, 2.05) is 19.1 Å². The molecule has 1 aromatic carbocycles. The number of thiophene rings is 1. The Balaban J connectivity index is 1.55. The second-order valence-electron chi connectivity index (χ2n) is 6.26. The van der Waals surface area contributed by atoms with Gasteiger partial charge in [-0.25, -0.2) is 9.59 Å². The number of hydrogen-bond donors (Lipinski definition) is 3. The molecule has 1 atom stereocenters. The molecular weight excluding hydrogens is 394 g/mol. The number of carboxylic acid groups (broad SMARTS) is 1. The number of pyridine rings is 1. The first-order chi connectivity index (χ1) is 13.9. The summed E-state index contributed by atoms with van der Waals surface area (Å²) in [5.41, 5.74) is 2.49. The van der Waals surface area contributed by atoms with E-state index in [2.05, 4.69) is 15.6 Å². The Hall–Kier alpha value is -3.46. The molecule has 0 saturated carbocycles. The summed E-state index contributed by atoms with van der Waals surface area (Å²) in [6.07, 6.45) is 0.787. The number of nitrogens with one attached hydrogen (secondary N) is 2. The lowest BCUT2D eigenvalue weighted by atomic mass is 10.2. The number of ether oxygens (including phenoxy) is 1. The number of nitrogens with zero attached hydrogens (tertiary/aromatic N) is 1. The maximum absolute atomic E-state index is 12.4. The van der Waals surface area contributed by atoms with Crippen LogP contribution < -0.4 is 10.6 Å². The molecule has 3 N–H and O–H groups in total. The predicted octanol–water partition coefficient (Wildman–Crippen LogP) is 2.71. The number of aromatic nitrogens is 1. The quantitative estimate of drug-likeness (QED) is 0.548. The van der Waals surface area contributed by atoms with Crippen LogP contribution in [0.15, 0.2) is 48.7 Å². The predicted molar refractivity (Wildman–Crippen MR) is 108 cm³/mol. The van der Waals surface area contributed by atoms with E-state index in [-0.39, 0.29) is 13.2 Å². The third kappa shape index (κ3) is 5.29. The molecule has 0 saturated heterocycles. The van der Waals surface area contributed by atoms with Crippen molar-refractivity contribution in [3.05, 3.63) is 64.7 Å². The van der Waals surface area contributed by atoms with Crippen LogP contribution in [0.1, 0.15) is 20.8 Å². The molecule has 0 bridgehead atoms. The first-order valence-corrected chi connectivity index (χ1v) is 9.59. The summed E-state index contributed by atoms with van der Waals surface area (Å²) < 4.78 is 5.92. The fourth-order valence-electron chi connectivity index (χ4n) is 2.57. The number of carbonyl (C=O) groups excluding carboxylic acids is 2. The second kappa shape index (κ2) is 9.16. The lowest BCUT2D eigenvalue weighted by Gasteiger charge is -2.15. The zero-order valence-corrected chi connectivity index (χ0v) is 16.4.